The second kappa shape index (κ2) is 9.85. The molecule has 0 saturated carbocycles. The molecule has 0 aliphatic carbocycles. The Balaban J connectivity index is 1.34. The lowest BCUT2D eigenvalue weighted by Crippen LogP contribution is -2.51. The molecule has 33 heavy (non-hydrogen) atoms. The summed E-state index contributed by atoms with van der Waals surface area (Å²) in [4.78, 5) is 33.8. The maximum absolute atomic E-state index is 13.7. The highest BCUT2D eigenvalue weighted by molar-refractivity contribution is 7.18. The van der Waals surface area contributed by atoms with Gasteiger partial charge in [0.15, 0.2) is 0 Å². The number of carbonyl (C=O) groups is 2. The molecule has 0 bridgehead atoms. The minimum atomic E-state index is -0.601. The molecule has 2 aromatic heterocycles. The first-order chi connectivity index (χ1) is 16.2. The summed E-state index contributed by atoms with van der Waals surface area (Å²) in [6.45, 7) is 1.35. The summed E-state index contributed by atoms with van der Waals surface area (Å²) in [6, 6.07) is 21.1. The van der Waals surface area contributed by atoms with Crippen molar-refractivity contribution in [3.63, 3.8) is 0 Å². The van der Waals surface area contributed by atoms with Crippen LogP contribution in [0.25, 0.3) is 10.2 Å². The monoisotopic (exact) mass is 475 g/mol. The number of benzene rings is 2. The van der Waals surface area contributed by atoms with Gasteiger partial charge in [0, 0.05) is 25.4 Å². The molecule has 1 N–H and O–H groups in total. The molecule has 2 amide bonds. The summed E-state index contributed by atoms with van der Waals surface area (Å²) in [5, 5.41) is 5.97. The standard InChI is InChI=1S/C26H25N3O2S2/c30-24(23-13-7-15-32-23)27-21(16-18-8-2-1-3-9-18)26(31)29-14-6-10-19(17-29)25-28-20-11-4-5-12-22(20)33-25/h1-5,7-9,11-13,15,19,21H,6,10,14,16-17H2,(H,27,30)/t19-,21+/m0/s1. The fourth-order valence-electron chi connectivity index (χ4n) is 4.35. The fourth-order valence-corrected chi connectivity index (χ4v) is 6.07. The Hall–Kier alpha value is -3.03. The molecule has 2 atom stereocenters. The third kappa shape index (κ3) is 4.99. The molecule has 1 fully saturated rings. The normalized spacial score (nSPS) is 17.1. The zero-order chi connectivity index (χ0) is 22.6. The Morgan fingerprint density at radius 3 is 2.67 bits per heavy atom. The smallest absolute Gasteiger partial charge is 0.262 e. The van der Waals surface area contributed by atoms with Gasteiger partial charge < -0.3 is 10.2 Å². The van der Waals surface area contributed by atoms with E-state index in [1.165, 1.54) is 16.0 Å². The van der Waals surface area contributed by atoms with Crippen LogP contribution in [0.4, 0.5) is 0 Å². The van der Waals surface area contributed by atoms with Gasteiger partial charge in [-0.15, -0.1) is 22.7 Å². The van der Waals surface area contributed by atoms with Crippen molar-refractivity contribution >= 4 is 44.7 Å². The molecule has 1 saturated heterocycles. The number of amides is 2. The molecule has 0 radical (unpaired) electrons. The van der Waals surface area contributed by atoms with Crippen LogP contribution in [0.3, 0.4) is 0 Å². The van der Waals surface area contributed by atoms with Crippen molar-refractivity contribution in [2.45, 2.75) is 31.2 Å². The van der Waals surface area contributed by atoms with Crippen LogP contribution in [0.2, 0.25) is 0 Å². The van der Waals surface area contributed by atoms with E-state index in [-0.39, 0.29) is 17.7 Å². The van der Waals surface area contributed by atoms with Gasteiger partial charge in [-0.2, -0.15) is 0 Å². The maximum Gasteiger partial charge on any atom is 0.262 e. The van der Waals surface area contributed by atoms with E-state index in [1.54, 1.807) is 17.4 Å². The zero-order valence-electron chi connectivity index (χ0n) is 18.1. The number of nitrogens with one attached hydrogen (secondary N) is 1. The third-order valence-electron chi connectivity index (χ3n) is 6.02. The topological polar surface area (TPSA) is 62.3 Å². The highest BCUT2D eigenvalue weighted by atomic mass is 32.1. The van der Waals surface area contributed by atoms with Gasteiger partial charge in [0.25, 0.3) is 5.91 Å². The average molecular weight is 476 g/mol. The van der Waals surface area contributed by atoms with Crippen LogP contribution in [0.5, 0.6) is 0 Å². The van der Waals surface area contributed by atoms with E-state index >= 15 is 0 Å². The third-order valence-corrected chi connectivity index (χ3v) is 8.09. The minimum absolute atomic E-state index is 0.0189. The van der Waals surface area contributed by atoms with E-state index in [9.17, 15) is 9.59 Å². The quantitative estimate of drug-likeness (QED) is 0.422. The van der Waals surface area contributed by atoms with Crippen LogP contribution in [-0.2, 0) is 11.2 Å². The number of rotatable bonds is 6. The molecule has 3 heterocycles. The van der Waals surface area contributed by atoms with Gasteiger partial charge in [0.05, 0.1) is 20.1 Å². The molecular formula is C26H25N3O2S2. The van der Waals surface area contributed by atoms with E-state index in [0.717, 1.165) is 28.9 Å². The van der Waals surface area contributed by atoms with Crippen molar-refractivity contribution in [2.75, 3.05) is 13.1 Å². The summed E-state index contributed by atoms with van der Waals surface area (Å²) >= 11 is 3.10. The van der Waals surface area contributed by atoms with Gasteiger partial charge in [0.2, 0.25) is 5.91 Å². The number of fused-ring (bicyclic) bond motifs is 1. The predicted molar refractivity (Wildman–Crippen MR) is 134 cm³/mol. The summed E-state index contributed by atoms with van der Waals surface area (Å²) < 4.78 is 1.18. The Bertz CT molecular complexity index is 1200. The second-order valence-electron chi connectivity index (χ2n) is 8.34. The second-order valence-corrected chi connectivity index (χ2v) is 10.3. The Morgan fingerprint density at radius 2 is 1.88 bits per heavy atom. The lowest BCUT2D eigenvalue weighted by molar-refractivity contribution is -0.134. The molecule has 2 aromatic carbocycles. The summed E-state index contributed by atoms with van der Waals surface area (Å²) in [6.07, 6.45) is 2.43. The molecule has 7 heteroatoms. The predicted octanol–water partition coefficient (Wildman–Crippen LogP) is 5.11. The number of thiazole rings is 1. The maximum atomic E-state index is 13.7. The highest BCUT2D eigenvalue weighted by Crippen LogP contribution is 2.33. The lowest BCUT2D eigenvalue weighted by Gasteiger charge is -2.34. The van der Waals surface area contributed by atoms with Crippen LogP contribution >= 0.6 is 22.7 Å². The van der Waals surface area contributed by atoms with Gasteiger partial charge in [-0.3, -0.25) is 9.59 Å². The van der Waals surface area contributed by atoms with Crippen LogP contribution in [0.15, 0.2) is 72.1 Å². The van der Waals surface area contributed by atoms with Crippen molar-refractivity contribution in [2.24, 2.45) is 0 Å². The van der Waals surface area contributed by atoms with Crippen molar-refractivity contribution in [3.8, 4) is 0 Å². The zero-order valence-corrected chi connectivity index (χ0v) is 19.8. The Labute approximate surface area is 201 Å². The van der Waals surface area contributed by atoms with E-state index in [4.69, 9.17) is 4.98 Å². The number of nitrogens with zero attached hydrogens (tertiary/aromatic N) is 2. The van der Waals surface area contributed by atoms with Gasteiger partial charge in [-0.25, -0.2) is 4.98 Å². The van der Waals surface area contributed by atoms with Crippen molar-refractivity contribution in [1.29, 1.82) is 0 Å². The fraction of sp³-hybridized carbons (Fsp3) is 0.269. The lowest BCUT2D eigenvalue weighted by atomic mass is 9.97. The summed E-state index contributed by atoms with van der Waals surface area (Å²) in [5.74, 6) is 0.0130. The number of piperidine rings is 1. The molecule has 168 valence electrons. The molecule has 4 aromatic rings. The number of carbonyl (C=O) groups excluding carboxylic acids is 2. The van der Waals surface area contributed by atoms with E-state index < -0.39 is 6.04 Å². The Morgan fingerprint density at radius 1 is 1.06 bits per heavy atom. The number of likely N-dealkylation sites (tertiary alicyclic amines) is 1. The SMILES string of the molecule is O=C(N[C@H](Cc1ccccc1)C(=O)N1CCC[C@H](c2nc3ccccc3s2)C1)c1cccs1. The average Bonchev–Trinajstić information content (AvgIpc) is 3.54. The molecule has 1 aliphatic heterocycles. The van der Waals surface area contributed by atoms with Crippen LogP contribution in [-0.4, -0.2) is 40.8 Å². The number of thiophene rings is 1. The van der Waals surface area contributed by atoms with Crippen molar-refractivity contribution in [3.05, 3.63) is 87.6 Å². The van der Waals surface area contributed by atoms with E-state index in [1.807, 2.05) is 64.9 Å². The summed E-state index contributed by atoms with van der Waals surface area (Å²) in [7, 11) is 0. The number of hydrogen-bond acceptors (Lipinski definition) is 5. The van der Waals surface area contributed by atoms with Crippen molar-refractivity contribution < 1.29 is 9.59 Å². The first-order valence-electron chi connectivity index (χ1n) is 11.2. The van der Waals surface area contributed by atoms with Gasteiger partial charge >= 0.3 is 0 Å². The van der Waals surface area contributed by atoms with Gasteiger partial charge in [-0.05, 0) is 42.0 Å². The molecule has 5 nitrogen and oxygen atoms in total. The van der Waals surface area contributed by atoms with Crippen LogP contribution in [0.1, 0.15) is 39.0 Å². The minimum Gasteiger partial charge on any atom is -0.340 e. The van der Waals surface area contributed by atoms with Gasteiger partial charge in [0.1, 0.15) is 6.04 Å². The van der Waals surface area contributed by atoms with Crippen LogP contribution < -0.4 is 5.32 Å². The Kier molecular flexibility index (Phi) is 6.51. The highest BCUT2D eigenvalue weighted by Gasteiger charge is 2.32. The van der Waals surface area contributed by atoms with Gasteiger partial charge in [-0.1, -0.05) is 48.5 Å². The molecule has 1 aliphatic rings. The molecule has 0 spiro atoms. The summed E-state index contributed by atoms with van der Waals surface area (Å²) in [5.41, 5.74) is 2.05. The van der Waals surface area contributed by atoms with Crippen molar-refractivity contribution in [1.82, 2.24) is 15.2 Å². The largest absolute Gasteiger partial charge is 0.340 e. The first kappa shape index (κ1) is 21.8. The van der Waals surface area contributed by atoms with E-state index in [2.05, 4.69) is 11.4 Å². The molecule has 0 unspecified atom stereocenters. The number of hydrogen-bond donors (Lipinski definition) is 1. The first-order valence-corrected chi connectivity index (χ1v) is 12.9. The van der Waals surface area contributed by atoms with Crippen LogP contribution in [0, 0.1) is 0 Å². The molecule has 5 rings (SSSR count). The molecular weight excluding hydrogens is 450 g/mol. The van der Waals surface area contributed by atoms with E-state index in [0.29, 0.717) is 24.4 Å². The number of aromatic nitrogens is 1. The number of para-hydroxylation sites is 1.